The molecule has 0 radical (unpaired) electrons. The fourth-order valence-electron chi connectivity index (χ4n) is 4.21. The lowest BCUT2D eigenvalue weighted by Crippen LogP contribution is -2.40. The average molecular weight is 444 g/mol. The van der Waals surface area contributed by atoms with Crippen LogP contribution in [0.3, 0.4) is 0 Å². The van der Waals surface area contributed by atoms with Crippen molar-refractivity contribution in [3.63, 3.8) is 0 Å². The molecular formula is C23H22F2N2O5. The zero-order valence-electron chi connectivity index (χ0n) is 17.2. The molecule has 0 saturated heterocycles. The van der Waals surface area contributed by atoms with Crippen LogP contribution in [-0.4, -0.2) is 48.2 Å². The van der Waals surface area contributed by atoms with Gasteiger partial charge in [0.2, 0.25) is 5.91 Å². The Morgan fingerprint density at radius 1 is 1.06 bits per heavy atom. The normalized spacial score (nSPS) is 21.1. The summed E-state index contributed by atoms with van der Waals surface area (Å²) < 4.78 is 33.3. The zero-order valence-corrected chi connectivity index (χ0v) is 17.2. The molecule has 9 heteroatoms. The van der Waals surface area contributed by atoms with E-state index in [0.717, 1.165) is 22.3 Å². The van der Waals surface area contributed by atoms with Crippen LogP contribution in [0.2, 0.25) is 0 Å². The van der Waals surface area contributed by atoms with Gasteiger partial charge < -0.3 is 20.5 Å². The standard InChI is InChI=1S/C23H22F2N2O5/c1-12(21(29)30)27-20(28)19-18(23(19,24)25)10-26-22(31)32-11-17-15-8-4-2-6-13(15)14-7-3-5-9-16(14)17/h2-9,12,17-19H,10-11H2,1H3,(H,26,31)(H,27,28)(H,29,30). The monoisotopic (exact) mass is 444 g/mol. The van der Waals surface area contributed by atoms with Crippen molar-refractivity contribution in [3.05, 3.63) is 59.7 Å². The third-order valence-corrected chi connectivity index (χ3v) is 6.02. The molecule has 7 nitrogen and oxygen atoms in total. The first-order valence-electron chi connectivity index (χ1n) is 10.2. The number of nitrogens with one attached hydrogen (secondary N) is 2. The number of ether oxygens (including phenoxy) is 1. The van der Waals surface area contributed by atoms with Gasteiger partial charge >= 0.3 is 12.1 Å². The number of fused-ring (bicyclic) bond motifs is 3. The smallest absolute Gasteiger partial charge is 0.407 e. The van der Waals surface area contributed by atoms with Crippen LogP contribution in [0.5, 0.6) is 0 Å². The lowest BCUT2D eigenvalue weighted by Gasteiger charge is -2.14. The zero-order chi connectivity index (χ0) is 23.0. The maximum atomic E-state index is 14.0. The van der Waals surface area contributed by atoms with Crippen LogP contribution in [0.1, 0.15) is 24.0 Å². The molecule has 3 atom stereocenters. The fraction of sp³-hybridized carbons (Fsp3) is 0.348. The van der Waals surface area contributed by atoms with E-state index in [9.17, 15) is 23.2 Å². The third kappa shape index (κ3) is 3.90. The number of hydrogen-bond donors (Lipinski definition) is 3. The number of benzene rings is 2. The number of alkyl halides is 2. The van der Waals surface area contributed by atoms with E-state index in [4.69, 9.17) is 9.84 Å². The van der Waals surface area contributed by atoms with Gasteiger partial charge in [-0.2, -0.15) is 0 Å². The molecule has 2 amide bonds. The lowest BCUT2D eigenvalue weighted by atomic mass is 9.98. The average Bonchev–Trinajstić information content (AvgIpc) is 3.17. The molecule has 2 aromatic rings. The van der Waals surface area contributed by atoms with Crippen LogP contribution in [0.25, 0.3) is 11.1 Å². The molecule has 0 heterocycles. The summed E-state index contributed by atoms with van der Waals surface area (Å²) in [5.41, 5.74) is 4.19. The quantitative estimate of drug-likeness (QED) is 0.609. The largest absolute Gasteiger partial charge is 0.480 e. The number of rotatable bonds is 7. The molecule has 2 aliphatic carbocycles. The van der Waals surface area contributed by atoms with Crippen molar-refractivity contribution >= 4 is 18.0 Å². The Bertz CT molecular complexity index is 1030. The molecule has 1 saturated carbocycles. The third-order valence-electron chi connectivity index (χ3n) is 6.02. The van der Waals surface area contributed by atoms with Gasteiger partial charge in [0.05, 0.1) is 5.92 Å². The van der Waals surface area contributed by atoms with Gasteiger partial charge in [0, 0.05) is 12.5 Å². The van der Waals surface area contributed by atoms with E-state index < -0.39 is 48.3 Å². The molecule has 2 aliphatic rings. The molecule has 0 aliphatic heterocycles. The van der Waals surface area contributed by atoms with E-state index in [1.165, 1.54) is 6.92 Å². The highest BCUT2D eigenvalue weighted by Gasteiger charge is 2.71. The molecule has 0 aromatic heterocycles. The summed E-state index contributed by atoms with van der Waals surface area (Å²) in [4.78, 5) is 34.9. The van der Waals surface area contributed by atoms with E-state index >= 15 is 0 Å². The molecule has 1 fully saturated rings. The van der Waals surface area contributed by atoms with Crippen LogP contribution in [0, 0.1) is 11.8 Å². The van der Waals surface area contributed by atoms with Crippen LogP contribution >= 0.6 is 0 Å². The minimum Gasteiger partial charge on any atom is -0.480 e. The van der Waals surface area contributed by atoms with Gasteiger partial charge in [0.15, 0.2) is 0 Å². The lowest BCUT2D eigenvalue weighted by molar-refractivity contribution is -0.141. The number of hydrogen-bond acceptors (Lipinski definition) is 4. The Labute approximate surface area is 182 Å². The Morgan fingerprint density at radius 3 is 2.19 bits per heavy atom. The highest BCUT2D eigenvalue weighted by atomic mass is 19.3. The molecule has 0 bridgehead atoms. The van der Waals surface area contributed by atoms with Gasteiger partial charge in [-0.1, -0.05) is 48.5 Å². The van der Waals surface area contributed by atoms with E-state index in [2.05, 4.69) is 5.32 Å². The van der Waals surface area contributed by atoms with Crippen molar-refractivity contribution in [1.29, 1.82) is 0 Å². The number of alkyl carbamates (subject to hydrolysis) is 1. The summed E-state index contributed by atoms with van der Waals surface area (Å²) >= 11 is 0. The number of amides is 2. The molecule has 0 spiro atoms. The number of carbonyl (C=O) groups excluding carboxylic acids is 2. The number of aliphatic carboxylic acids is 1. The van der Waals surface area contributed by atoms with Crippen LogP contribution in [0.4, 0.5) is 13.6 Å². The molecule has 168 valence electrons. The topological polar surface area (TPSA) is 105 Å². The summed E-state index contributed by atoms with van der Waals surface area (Å²) in [6, 6.07) is 14.3. The van der Waals surface area contributed by atoms with Crippen molar-refractivity contribution in [1.82, 2.24) is 10.6 Å². The van der Waals surface area contributed by atoms with Crippen molar-refractivity contribution in [2.45, 2.75) is 24.8 Å². The highest BCUT2D eigenvalue weighted by molar-refractivity contribution is 5.88. The maximum Gasteiger partial charge on any atom is 0.407 e. The first kappa shape index (κ1) is 21.7. The van der Waals surface area contributed by atoms with Gasteiger partial charge in [-0.05, 0) is 29.2 Å². The second-order valence-electron chi connectivity index (χ2n) is 8.03. The number of halogens is 2. The van der Waals surface area contributed by atoms with Crippen molar-refractivity contribution in [2.24, 2.45) is 11.8 Å². The fourth-order valence-corrected chi connectivity index (χ4v) is 4.21. The van der Waals surface area contributed by atoms with Crippen LogP contribution < -0.4 is 10.6 Å². The molecule has 32 heavy (non-hydrogen) atoms. The van der Waals surface area contributed by atoms with Gasteiger partial charge in [-0.25, -0.2) is 13.6 Å². The van der Waals surface area contributed by atoms with Gasteiger partial charge in [0.1, 0.15) is 18.6 Å². The van der Waals surface area contributed by atoms with E-state index in [-0.39, 0.29) is 12.5 Å². The SMILES string of the molecule is CC(NC(=O)C1C(CNC(=O)OCC2c3ccccc3-c3ccccc32)C1(F)F)C(=O)O. The summed E-state index contributed by atoms with van der Waals surface area (Å²) in [6.07, 6.45) is -0.854. The molecular weight excluding hydrogens is 422 g/mol. The van der Waals surface area contributed by atoms with Crippen molar-refractivity contribution in [2.75, 3.05) is 13.2 Å². The summed E-state index contributed by atoms with van der Waals surface area (Å²) in [5.74, 6) is -8.95. The van der Waals surface area contributed by atoms with Gasteiger partial charge in [-0.15, -0.1) is 0 Å². The summed E-state index contributed by atoms with van der Waals surface area (Å²) in [5, 5.41) is 13.1. The Hall–Kier alpha value is -3.49. The first-order chi connectivity index (χ1) is 15.2. The Balaban J connectivity index is 1.32. The minimum atomic E-state index is -3.32. The number of carboxylic acid groups (broad SMARTS) is 1. The number of carboxylic acids is 1. The van der Waals surface area contributed by atoms with Gasteiger partial charge in [0.25, 0.3) is 5.92 Å². The number of carbonyl (C=O) groups is 3. The maximum absolute atomic E-state index is 14.0. The van der Waals surface area contributed by atoms with E-state index in [1.807, 2.05) is 53.8 Å². The second-order valence-corrected chi connectivity index (χ2v) is 8.03. The minimum absolute atomic E-state index is 0.0426. The predicted octanol–water partition coefficient (Wildman–Crippen LogP) is 3.00. The highest BCUT2D eigenvalue weighted by Crippen LogP contribution is 2.55. The predicted molar refractivity (Wildman–Crippen MR) is 110 cm³/mol. The van der Waals surface area contributed by atoms with E-state index in [0.29, 0.717) is 0 Å². The second kappa shape index (κ2) is 8.22. The van der Waals surface area contributed by atoms with Crippen LogP contribution in [-0.2, 0) is 14.3 Å². The summed E-state index contributed by atoms with van der Waals surface area (Å²) in [7, 11) is 0. The van der Waals surface area contributed by atoms with Crippen LogP contribution in [0.15, 0.2) is 48.5 Å². The Morgan fingerprint density at radius 2 is 1.62 bits per heavy atom. The molecule has 3 N–H and O–H groups in total. The van der Waals surface area contributed by atoms with E-state index in [1.54, 1.807) is 0 Å². The van der Waals surface area contributed by atoms with Crippen molar-refractivity contribution in [3.8, 4) is 11.1 Å². The molecule has 2 aromatic carbocycles. The Kier molecular flexibility index (Phi) is 5.58. The first-order valence-corrected chi connectivity index (χ1v) is 10.2. The molecule has 3 unspecified atom stereocenters. The van der Waals surface area contributed by atoms with Gasteiger partial charge in [-0.3, -0.25) is 9.59 Å². The molecule has 4 rings (SSSR count). The summed E-state index contributed by atoms with van der Waals surface area (Å²) in [6.45, 7) is 0.773. The van der Waals surface area contributed by atoms with Crippen molar-refractivity contribution < 1.29 is 33.0 Å².